The largest absolute Gasteiger partial charge is 0.370 e. The van der Waals surface area contributed by atoms with Gasteiger partial charge in [-0.15, -0.1) is 11.3 Å². The van der Waals surface area contributed by atoms with Crippen LogP contribution in [0.25, 0.3) is 0 Å². The summed E-state index contributed by atoms with van der Waals surface area (Å²) in [4.78, 5) is 3.85. The predicted octanol–water partition coefficient (Wildman–Crippen LogP) is 4.91. The molecule has 0 saturated carbocycles. The van der Waals surface area contributed by atoms with Gasteiger partial charge in [0.2, 0.25) is 0 Å². The third-order valence-corrected chi connectivity index (χ3v) is 5.08. The highest BCUT2D eigenvalue weighted by atomic mass is 79.9. The Labute approximate surface area is 140 Å². The Hall–Kier alpha value is -0.840. The number of hydrogen-bond donors (Lipinski definition) is 1. The van der Waals surface area contributed by atoms with Crippen LogP contribution in [0.3, 0.4) is 0 Å². The maximum absolute atomic E-state index is 3.54. The highest BCUT2D eigenvalue weighted by molar-refractivity contribution is 9.10. The summed E-state index contributed by atoms with van der Waals surface area (Å²) in [7, 11) is 0. The van der Waals surface area contributed by atoms with Crippen LogP contribution in [0.4, 0.5) is 5.69 Å². The molecule has 2 nitrogen and oxygen atoms in total. The number of nitrogens with one attached hydrogen (secondary N) is 1. The van der Waals surface area contributed by atoms with Crippen LogP contribution in [0.1, 0.15) is 24.6 Å². The quantitative estimate of drug-likeness (QED) is 0.634. The average molecular weight is 367 g/mol. The monoisotopic (exact) mass is 366 g/mol. The van der Waals surface area contributed by atoms with Crippen molar-refractivity contribution in [2.75, 3.05) is 24.5 Å². The zero-order chi connectivity index (χ0) is 14.9. The van der Waals surface area contributed by atoms with Gasteiger partial charge in [-0.25, -0.2) is 0 Å². The molecule has 0 radical (unpaired) electrons. The Bertz CT molecular complexity index is 513. The van der Waals surface area contributed by atoms with Crippen molar-refractivity contribution in [1.82, 2.24) is 5.32 Å². The molecule has 1 heterocycles. The summed E-state index contributed by atoms with van der Waals surface area (Å²) in [5.74, 6) is 0. The first kappa shape index (κ1) is 16.5. The van der Waals surface area contributed by atoms with E-state index in [1.807, 2.05) is 0 Å². The van der Waals surface area contributed by atoms with Gasteiger partial charge in [-0.3, -0.25) is 0 Å². The average Bonchev–Trinajstić information content (AvgIpc) is 2.93. The topological polar surface area (TPSA) is 15.3 Å². The van der Waals surface area contributed by atoms with E-state index in [0.29, 0.717) is 0 Å². The lowest BCUT2D eigenvalue weighted by molar-refractivity contribution is 0.646. The van der Waals surface area contributed by atoms with Crippen molar-refractivity contribution in [3.63, 3.8) is 0 Å². The van der Waals surface area contributed by atoms with Gasteiger partial charge in [-0.1, -0.05) is 31.5 Å². The highest BCUT2D eigenvalue weighted by Gasteiger charge is 2.05. The van der Waals surface area contributed by atoms with E-state index in [0.717, 1.165) is 26.2 Å². The first-order chi connectivity index (χ1) is 10.3. The van der Waals surface area contributed by atoms with Crippen LogP contribution in [0, 0.1) is 0 Å². The summed E-state index contributed by atoms with van der Waals surface area (Å²) in [5, 5.41) is 5.67. The molecular formula is C17H23BrN2S. The molecule has 21 heavy (non-hydrogen) atoms. The van der Waals surface area contributed by atoms with E-state index >= 15 is 0 Å². The number of anilines is 1. The van der Waals surface area contributed by atoms with Gasteiger partial charge in [0.05, 0.1) is 0 Å². The van der Waals surface area contributed by atoms with E-state index < -0.39 is 0 Å². The Kier molecular flexibility index (Phi) is 7.27. The molecule has 0 bridgehead atoms. The number of benzene rings is 1. The first-order valence-electron chi connectivity index (χ1n) is 7.53. The zero-order valence-electron chi connectivity index (χ0n) is 12.5. The fourth-order valence-electron chi connectivity index (χ4n) is 2.23. The minimum absolute atomic E-state index is 0.951. The third-order valence-electron chi connectivity index (χ3n) is 3.38. The van der Waals surface area contributed by atoms with Gasteiger partial charge in [0.1, 0.15) is 0 Å². The van der Waals surface area contributed by atoms with Crippen molar-refractivity contribution < 1.29 is 0 Å². The standard InChI is InChI=1S/C17H23BrN2S/c1-2-3-10-20(16-7-5-4-6-8-16)11-9-19-13-17-12-15(18)14-21-17/h4-8,12,14,19H,2-3,9-11,13H2,1H3. The second-order valence-electron chi connectivity index (χ2n) is 5.08. The smallest absolute Gasteiger partial charge is 0.0366 e. The molecule has 0 unspecified atom stereocenters. The summed E-state index contributed by atoms with van der Waals surface area (Å²) in [6.07, 6.45) is 2.48. The predicted molar refractivity (Wildman–Crippen MR) is 97.3 cm³/mol. The van der Waals surface area contributed by atoms with Crippen molar-refractivity contribution in [2.24, 2.45) is 0 Å². The van der Waals surface area contributed by atoms with Gasteiger partial charge in [0, 0.05) is 46.6 Å². The second kappa shape index (κ2) is 9.23. The van der Waals surface area contributed by atoms with E-state index in [1.54, 1.807) is 11.3 Å². The molecule has 1 aromatic heterocycles. The van der Waals surface area contributed by atoms with Gasteiger partial charge in [0.15, 0.2) is 0 Å². The Morgan fingerprint density at radius 1 is 1.19 bits per heavy atom. The number of halogens is 1. The summed E-state index contributed by atoms with van der Waals surface area (Å²) in [6.45, 7) is 6.39. The molecule has 1 aromatic carbocycles. The van der Waals surface area contributed by atoms with Crippen LogP contribution in [0.15, 0.2) is 46.3 Å². The maximum Gasteiger partial charge on any atom is 0.0366 e. The molecule has 0 aliphatic rings. The van der Waals surface area contributed by atoms with Crippen molar-refractivity contribution in [3.05, 3.63) is 51.1 Å². The Balaban J connectivity index is 1.79. The first-order valence-corrected chi connectivity index (χ1v) is 9.20. The molecule has 0 saturated heterocycles. The summed E-state index contributed by atoms with van der Waals surface area (Å²) >= 11 is 5.29. The molecule has 114 valence electrons. The van der Waals surface area contributed by atoms with Crippen molar-refractivity contribution in [3.8, 4) is 0 Å². The van der Waals surface area contributed by atoms with Crippen molar-refractivity contribution in [2.45, 2.75) is 26.3 Å². The van der Waals surface area contributed by atoms with Gasteiger partial charge < -0.3 is 10.2 Å². The second-order valence-corrected chi connectivity index (χ2v) is 7.00. The molecule has 0 atom stereocenters. The molecule has 1 N–H and O–H groups in total. The SMILES string of the molecule is CCCCN(CCNCc1cc(Br)cs1)c1ccccc1. The molecule has 2 rings (SSSR count). The minimum Gasteiger partial charge on any atom is -0.370 e. The molecule has 0 amide bonds. The van der Waals surface area contributed by atoms with Gasteiger partial charge in [-0.05, 0) is 40.5 Å². The van der Waals surface area contributed by atoms with Gasteiger partial charge >= 0.3 is 0 Å². The van der Waals surface area contributed by atoms with Crippen molar-refractivity contribution in [1.29, 1.82) is 0 Å². The number of unbranched alkanes of at least 4 members (excludes halogenated alkanes) is 1. The molecule has 4 heteroatoms. The normalized spacial score (nSPS) is 10.8. The van der Waals surface area contributed by atoms with Crippen LogP contribution in [0.5, 0.6) is 0 Å². The number of para-hydroxylation sites is 1. The minimum atomic E-state index is 0.951. The van der Waals surface area contributed by atoms with Crippen molar-refractivity contribution >= 4 is 33.0 Å². The molecule has 0 spiro atoms. The lowest BCUT2D eigenvalue weighted by Crippen LogP contribution is -2.32. The lowest BCUT2D eigenvalue weighted by atomic mass is 10.2. The number of rotatable bonds is 9. The number of hydrogen-bond acceptors (Lipinski definition) is 3. The number of thiophene rings is 1. The van der Waals surface area contributed by atoms with Crippen LogP contribution in [-0.4, -0.2) is 19.6 Å². The van der Waals surface area contributed by atoms with Crippen LogP contribution in [-0.2, 0) is 6.54 Å². The Morgan fingerprint density at radius 2 is 2.00 bits per heavy atom. The maximum atomic E-state index is 3.54. The highest BCUT2D eigenvalue weighted by Crippen LogP contribution is 2.19. The van der Waals surface area contributed by atoms with Crippen LogP contribution in [0.2, 0.25) is 0 Å². The van der Waals surface area contributed by atoms with E-state index in [2.05, 4.69) is 74.8 Å². The lowest BCUT2D eigenvalue weighted by Gasteiger charge is -2.25. The summed E-state index contributed by atoms with van der Waals surface area (Å²) in [6, 6.07) is 12.9. The number of nitrogens with zero attached hydrogens (tertiary/aromatic N) is 1. The Morgan fingerprint density at radius 3 is 2.67 bits per heavy atom. The zero-order valence-corrected chi connectivity index (χ0v) is 14.9. The molecule has 0 fully saturated rings. The summed E-state index contributed by atoms with van der Waals surface area (Å²) in [5.41, 5.74) is 1.33. The van der Waals surface area contributed by atoms with Gasteiger partial charge in [0.25, 0.3) is 0 Å². The van der Waals surface area contributed by atoms with E-state index in [4.69, 9.17) is 0 Å². The molecule has 0 aliphatic heterocycles. The van der Waals surface area contributed by atoms with Crippen LogP contribution < -0.4 is 10.2 Å². The third kappa shape index (κ3) is 5.81. The molecular weight excluding hydrogens is 344 g/mol. The van der Waals surface area contributed by atoms with E-state index in [-0.39, 0.29) is 0 Å². The molecule has 0 aliphatic carbocycles. The van der Waals surface area contributed by atoms with Crippen LogP contribution >= 0.6 is 27.3 Å². The van der Waals surface area contributed by atoms with E-state index in [1.165, 1.54) is 27.9 Å². The fraction of sp³-hybridized carbons (Fsp3) is 0.412. The van der Waals surface area contributed by atoms with E-state index in [9.17, 15) is 0 Å². The molecule has 2 aromatic rings. The summed E-state index contributed by atoms with van der Waals surface area (Å²) < 4.78 is 1.18. The van der Waals surface area contributed by atoms with Gasteiger partial charge in [-0.2, -0.15) is 0 Å². The fourth-order valence-corrected chi connectivity index (χ4v) is 3.65.